The molecule has 0 aromatic carbocycles. The first-order chi connectivity index (χ1) is 6.66. The fourth-order valence-electron chi connectivity index (χ4n) is 0.882. The van der Waals surface area contributed by atoms with E-state index < -0.39 is 0 Å². The lowest BCUT2D eigenvalue weighted by molar-refractivity contribution is 0.102. The molecule has 1 N–H and O–H groups in total. The maximum absolute atomic E-state index is 5.41. The van der Waals surface area contributed by atoms with Crippen molar-refractivity contribution in [2.75, 3.05) is 54.1 Å². The van der Waals surface area contributed by atoms with E-state index in [1.807, 2.05) is 21.0 Å². The molecular weight excluding hydrogens is 180 g/mol. The van der Waals surface area contributed by atoms with E-state index in [1.165, 1.54) is 0 Å². The fraction of sp³-hybridized carbons (Fsp3) is 1.00. The van der Waals surface area contributed by atoms with E-state index >= 15 is 0 Å². The van der Waals surface area contributed by atoms with Crippen molar-refractivity contribution in [3.05, 3.63) is 0 Å². The summed E-state index contributed by atoms with van der Waals surface area (Å²) in [6, 6.07) is 0. The van der Waals surface area contributed by atoms with Gasteiger partial charge in [0.25, 0.3) is 0 Å². The van der Waals surface area contributed by atoms with E-state index in [1.54, 1.807) is 7.11 Å². The van der Waals surface area contributed by atoms with Crippen molar-refractivity contribution in [3.63, 3.8) is 0 Å². The zero-order chi connectivity index (χ0) is 10.8. The molecule has 0 rings (SSSR count). The van der Waals surface area contributed by atoms with Gasteiger partial charge in [0.1, 0.15) is 0 Å². The second kappa shape index (κ2) is 9.40. The number of hydrogen-bond acceptors (Lipinski definition) is 4. The minimum absolute atomic E-state index is 0.275. The van der Waals surface area contributed by atoms with Crippen molar-refractivity contribution >= 4 is 0 Å². The molecule has 0 aromatic rings. The molecule has 0 spiro atoms. The first kappa shape index (κ1) is 13.8. The lowest BCUT2D eigenvalue weighted by Gasteiger charge is -2.12. The molecular formula is C10H24N2O2. The average molecular weight is 204 g/mol. The van der Waals surface area contributed by atoms with E-state index in [9.17, 15) is 0 Å². The first-order valence-electron chi connectivity index (χ1n) is 5.12. The third kappa shape index (κ3) is 9.92. The fourth-order valence-corrected chi connectivity index (χ4v) is 0.882. The van der Waals surface area contributed by atoms with Gasteiger partial charge in [0, 0.05) is 26.7 Å². The van der Waals surface area contributed by atoms with Crippen molar-refractivity contribution in [3.8, 4) is 0 Å². The summed E-state index contributed by atoms with van der Waals surface area (Å²) in [5.41, 5.74) is 0. The Kier molecular flexibility index (Phi) is 9.29. The lowest BCUT2D eigenvalue weighted by atomic mass is 10.4. The second-order valence-corrected chi connectivity index (χ2v) is 3.67. The Morgan fingerprint density at radius 2 is 2.00 bits per heavy atom. The third-order valence-corrected chi connectivity index (χ3v) is 1.94. The normalized spacial score (nSPS) is 13.5. The Labute approximate surface area is 87.6 Å². The summed E-state index contributed by atoms with van der Waals surface area (Å²) in [4.78, 5) is 2.11. The van der Waals surface area contributed by atoms with Crippen LogP contribution in [0.25, 0.3) is 0 Å². The Morgan fingerprint density at radius 1 is 1.29 bits per heavy atom. The average Bonchev–Trinajstić information content (AvgIpc) is 2.15. The molecule has 4 nitrogen and oxygen atoms in total. The van der Waals surface area contributed by atoms with Gasteiger partial charge in [0.15, 0.2) is 0 Å². The van der Waals surface area contributed by atoms with Crippen LogP contribution in [-0.2, 0) is 9.47 Å². The van der Waals surface area contributed by atoms with E-state index in [4.69, 9.17) is 9.47 Å². The molecule has 4 heteroatoms. The number of rotatable bonds is 9. The van der Waals surface area contributed by atoms with Gasteiger partial charge in [-0.25, -0.2) is 0 Å². The summed E-state index contributed by atoms with van der Waals surface area (Å²) in [6.45, 7) is 6.36. The summed E-state index contributed by atoms with van der Waals surface area (Å²) in [5.74, 6) is 0. The molecule has 0 fully saturated rings. The van der Waals surface area contributed by atoms with Crippen LogP contribution in [0, 0.1) is 0 Å². The van der Waals surface area contributed by atoms with Gasteiger partial charge in [0.2, 0.25) is 0 Å². The summed E-state index contributed by atoms with van der Waals surface area (Å²) in [6.07, 6.45) is 0.275. The van der Waals surface area contributed by atoms with Crippen molar-refractivity contribution in [2.45, 2.75) is 13.0 Å². The van der Waals surface area contributed by atoms with E-state index in [2.05, 4.69) is 10.2 Å². The highest BCUT2D eigenvalue weighted by molar-refractivity contribution is 4.53. The zero-order valence-electron chi connectivity index (χ0n) is 9.88. The standard InChI is InChI=1S/C10H24N2O2/c1-10(13-4)9-11-5-7-14-8-6-12(2)3/h10-11H,5-9H2,1-4H3. The van der Waals surface area contributed by atoms with Crippen LogP contribution >= 0.6 is 0 Å². The highest BCUT2D eigenvalue weighted by Crippen LogP contribution is 1.83. The molecule has 0 aliphatic rings. The smallest absolute Gasteiger partial charge is 0.0667 e. The summed E-state index contributed by atoms with van der Waals surface area (Å²) in [5, 5.41) is 3.26. The summed E-state index contributed by atoms with van der Waals surface area (Å²) in [7, 11) is 5.81. The Hall–Kier alpha value is -0.160. The number of methoxy groups -OCH3 is 1. The number of nitrogens with zero attached hydrogens (tertiary/aromatic N) is 1. The van der Waals surface area contributed by atoms with Crippen LogP contribution in [-0.4, -0.2) is 65.1 Å². The van der Waals surface area contributed by atoms with E-state index in [-0.39, 0.29) is 6.10 Å². The highest BCUT2D eigenvalue weighted by Gasteiger charge is 1.97. The molecule has 86 valence electrons. The molecule has 1 atom stereocenters. The molecule has 14 heavy (non-hydrogen) atoms. The van der Waals surface area contributed by atoms with Crippen LogP contribution < -0.4 is 5.32 Å². The topological polar surface area (TPSA) is 33.7 Å². The number of likely N-dealkylation sites (N-methyl/N-ethyl adjacent to an activating group) is 1. The van der Waals surface area contributed by atoms with Crippen LogP contribution in [0.15, 0.2) is 0 Å². The van der Waals surface area contributed by atoms with Crippen molar-refractivity contribution in [1.29, 1.82) is 0 Å². The summed E-state index contributed by atoms with van der Waals surface area (Å²) >= 11 is 0. The molecule has 0 heterocycles. The molecule has 0 aromatic heterocycles. The van der Waals surface area contributed by atoms with Crippen LogP contribution in [0.4, 0.5) is 0 Å². The van der Waals surface area contributed by atoms with Gasteiger partial charge in [-0.3, -0.25) is 0 Å². The minimum Gasteiger partial charge on any atom is -0.380 e. The highest BCUT2D eigenvalue weighted by atomic mass is 16.5. The van der Waals surface area contributed by atoms with Gasteiger partial charge in [-0.05, 0) is 21.0 Å². The largest absolute Gasteiger partial charge is 0.380 e. The summed E-state index contributed by atoms with van der Waals surface area (Å²) < 4.78 is 10.5. The van der Waals surface area contributed by atoms with Crippen LogP contribution in [0.1, 0.15) is 6.92 Å². The minimum atomic E-state index is 0.275. The van der Waals surface area contributed by atoms with Gasteiger partial charge in [-0.15, -0.1) is 0 Å². The third-order valence-electron chi connectivity index (χ3n) is 1.94. The van der Waals surface area contributed by atoms with Gasteiger partial charge in [-0.2, -0.15) is 0 Å². The zero-order valence-corrected chi connectivity index (χ0v) is 9.88. The Bertz CT molecular complexity index is 121. The van der Waals surface area contributed by atoms with Crippen molar-refractivity contribution in [2.24, 2.45) is 0 Å². The number of hydrogen-bond donors (Lipinski definition) is 1. The van der Waals surface area contributed by atoms with Gasteiger partial charge in [-0.1, -0.05) is 0 Å². The molecule has 0 saturated heterocycles. The van der Waals surface area contributed by atoms with Gasteiger partial charge >= 0.3 is 0 Å². The van der Waals surface area contributed by atoms with Gasteiger partial charge in [0.05, 0.1) is 19.3 Å². The van der Waals surface area contributed by atoms with Crippen molar-refractivity contribution < 1.29 is 9.47 Å². The molecule has 0 radical (unpaired) electrons. The molecule has 0 bridgehead atoms. The lowest BCUT2D eigenvalue weighted by Crippen LogP contribution is -2.29. The van der Waals surface area contributed by atoms with E-state index in [0.29, 0.717) is 0 Å². The number of nitrogens with one attached hydrogen (secondary N) is 1. The molecule has 0 saturated carbocycles. The maximum atomic E-state index is 5.41. The maximum Gasteiger partial charge on any atom is 0.0667 e. The predicted molar refractivity (Wildman–Crippen MR) is 58.7 cm³/mol. The van der Waals surface area contributed by atoms with Crippen molar-refractivity contribution in [1.82, 2.24) is 10.2 Å². The molecule has 0 aliphatic carbocycles. The Morgan fingerprint density at radius 3 is 2.57 bits per heavy atom. The quantitative estimate of drug-likeness (QED) is 0.544. The SMILES string of the molecule is COC(C)CNCCOCCN(C)C. The molecule has 0 amide bonds. The number of ether oxygens (including phenoxy) is 2. The van der Waals surface area contributed by atoms with Gasteiger partial charge < -0.3 is 19.7 Å². The second-order valence-electron chi connectivity index (χ2n) is 3.67. The van der Waals surface area contributed by atoms with Crippen LogP contribution in [0.5, 0.6) is 0 Å². The Balaban J connectivity index is 2.99. The van der Waals surface area contributed by atoms with Crippen LogP contribution in [0.2, 0.25) is 0 Å². The molecule has 0 aliphatic heterocycles. The first-order valence-corrected chi connectivity index (χ1v) is 5.12. The van der Waals surface area contributed by atoms with E-state index in [0.717, 1.165) is 32.8 Å². The monoisotopic (exact) mass is 204 g/mol. The predicted octanol–water partition coefficient (Wildman–Crippen LogP) is 0.189. The van der Waals surface area contributed by atoms with Crippen LogP contribution in [0.3, 0.4) is 0 Å². The molecule has 1 unspecified atom stereocenters.